The van der Waals surface area contributed by atoms with Gasteiger partial charge in [-0.3, -0.25) is 14.5 Å². The van der Waals surface area contributed by atoms with Crippen LogP contribution in [-0.4, -0.2) is 41.3 Å². The molecule has 0 unspecified atom stereocenters. The Hall–Kier alpha value is -2.28. The molecular formula is C17H19NO5S. The molecule has 0 aliphatic carbocycles. The molecule has 1 saturated heterocycles. The SMILES string of the molecule is CCOC(=O)[C@@H](C)N1C(=O)S/C(=C/c2ccc(OCC)cc2)C1=O. The van der Waals surface area contributed by atoms with Crippen molar-refractivity contribution < 1.29 is 23.9 Å². The number of thioether (sulfide) groups is 1. The van der Waals surface area contributed by atoms with Crippen LogP contribution in [0.2, 0.25) is 0 Å². The average Bonchev–Trinajstić information content (AvgIpc) is 2.83. The van der Waals surface area contributed by atoms with E-state index in [1.807, 2.05) is 6.92 Å². The molecule has 0 radical (unpaired) electrons. The van der Waals surface area contributed by atoms with E-state index < -0.39 is 23.2 Å². The maximum absolute atomic E-state index is 12.4. The molecule has 128 valence electrons. The van der Waals surface area contributed by atoms with Gasteiger partial charge < -0.3 is 9.47 Å². The zero-order valence-corrected chi connectivity index (χ0v) is 14.6. The van der Waals surface area contributed by atoms with Crippen LogP contribution in [0.1, 0.15) is 26.3 Å². The lowest BCUT2D eigenvalue weighted by molar-refractivity contribution is -0.150. The third-order valence-electron chi connectivity index (χ3n) is 3.33. The van der Waals surface area contributed by atoms with E-state index in [1.165, 1.54) is 6.92 Å². The summed E-state index contributed by atoms with van der Waals surface area (Å²) in [6.45, 7) is 5.82. The molecule has 2 rings (SSSR count). The van der Waals surface area contributed by atoms with Crippen molar-refractivity contribution in [3.05, 3.63) is 34.7 Å². The predicted molar refractivity (Wildman–Crippen MR) is 91.5 cm³/mol. The first-order chi connectivity index (χ1) is 11.5. The van der Waals surface area contributed by atoms with Gasteiger partial charge >= 0.3 is 5.97 Å². The van der Waals surface area contributed by atoms with E-state index in [1.54, 1.807) is 37.3 Å². The molecule has 6 nitrogen and oxygen atoms in total. The molecule has 1 fully saturated rings. The van der Waals surface area contributed by atoms with Crippen LogP contribution in [-0.2, 0) is 14.3 Å². The summed E-state index contributed by atoms with van der Waals surface area (Å²) in [5, 5.41) is -0.474. The highest BCUT2D eigenvalue weighted by atomic mass is 32.2. The smallest absolute Gasteiger partial charge is 0.329 e. The molecule has 0 spiro atoms. The lowest BCUT2D eigenvalue weighted by Crippen LogP contribution is -2.42. The molecule has 0 aromatic heterocycles. The van der Waals surface area contributed by atoms with Gasteiger partial charge in [-0.15, -0.1) is 0 Å². The third kappa shape index (κ3) is 3.97. The molecule has 1 aromatic carbocycles. The summed E-state index contributed by atoms with van der Waals surface area (Å²) < 4.78 is 10.2. The van der Waals surface area contributed by atoms with Crippen LogP contribution < -0.4 is 4.74 Å². The van der Waals surface area contributed by atoms with Crippen molar-refractivity contribution in [2.24, 2.45) is 0 Å². The van der Waals surface area contributed by atoms with Crippen LogP contribution in [0, 0.1) is 0 Å². The quantitative estimate of drug-likeness (QED) is 0.580. The van der Waals surface area contributed by atoms with E-state index in [2.05, 4.69) is 0 Å². The largest absolute Gasteiger partial charge is 0.494 e. The number of hydrogen-bond donors (Lipinski definition) is 0. The number of rotatable bonds is 6. The molecule has 1 aliphatic heterocycles. The first-order valence-corrected chi connectivity index (χ1v) is 8.46. The van der Waals surface area contributed by atoms with Crippen LogP contribution in [0.15, 0.2) is 29.2 Å². The van der Waals surface area contributed by atoms with Gasteiger partial charge in [0.25, 0.3) is 11.1 Å². The second kappa shape index (κ2) is 8.01. The Morgan fingerprint density at radius 2 is 1.88 bits per heavy atom. The van der Waals surface area contributed by atoms with E-state index in [4.69, 9.17) is 9.47 Å². The first kappa shape index (κ1) is 18.1. The number of ether oxygens (including phenoxy) is 2. The van der Waals surface area contributed by atoms with Gasteiger partial charge in [-0.25, -0.2) is 4.79 Å². The Balaban J connectivity index is 2.16. The number of esters is 1. The van der Waals surface area contributed by atoms with Crippen LogP contribution >= 0.6 is 11.8 Å². The lowest BCUT2D eigenvalue weighted by atomic mass is 10.2. The fraction of sp³-hybridized carbons (Fsp3) is 0.353. The number of nitrogens with zero attached hydrogens (tertiary/aromatic N) is 1. The van der Waals surface area contributed by atoms with Gasteiger partial charge in [0, 0.05) is 0 Å². The number of benzene rings is 1. The standard InChI is InChI=1S/C17H19NO5S/c1-4-22-13-8-6-12(7-9-13)10-14-15(19)18(17(21)24-14)11(3)16(20)23-5-2/h6-11H,4-5H2,1-3H3/b14-10+/t11-/m1/s1. The molecule has 2 amide bonds. The first-order valence-electron chi connectivity index (χ1n) is 7.64. The normalized spacial score (nSPS) is 17.3. The lowest BCUT2D eigenvalue weighted by Gasteiger charge is -2.19. The Bertz CT molecular complexity index is 668. The highest BCUT2D eigenvalue weighted by Gasteiger charge is 2.41. The van der Waals surface area contributed by atoms with Gasteiger partial charge in [0.15, 0.2) is 0 Å². The summed E-state index contributed by atoms with van der Waals surface area (Å²) in [4.78, 5) is 37.5. The number of amides is 2. The van der Waals surface area contributed by atoms with Crippen LogP contribution in [0.3, 0.4) is 0 Å². The molecule has 1 aromatic rings. The summed E-state index contributed by atoms with van der Waals surface area (Å²) in [5.41, 5.74) is 0.771. The highest BCUT2D eigenvalue weighted by molar-refractivity contribution is 8.18. The number of carbonyl (C=O) groups is 3. The maximum atomic E-state index is 12.4. The minimum absolute atomic E-state index is 0.196. The zero-order chi connectivity index (χ0) is 17.7. The summed E-state index contributed by atoms with van der Waals surface area (Å²) in [7, 11) is 0. The molecule has 1 aliphatic rings. The molecule has 0 saturated carbocycles. The van der Waals surface area contributed by atoms with Crippen molar-refractivity contribution in [2.45, 2.75) is 26.8 Å². The highest BCUT2D eigenvalue weighted by Crippen LogP contribution is 2.34. The molecule has 1 heterocycles. The third-order valence-corrected chi connectivity index (χ3v) is 4.21. The second-order valence-corrected chi connectivity index (χ2v) is 5.97. The van der Waals surface area contributed by atoms with Crippen LogP contribution in [0.4, 0.5) is 4.79 Å². The maximum Gasteiger partial charge on any atom is 0.329 e. The van der Waals surface area contributed by atoms with Crippen molar-refractivity contribution in [3.8, 4) is 5.75 Å². The molecule has 24 heavy (non-hydrogen) atoms. The average molecular weight is 349 g/mol. The number of imide groups is 1. The van der Waals surface area contributed by atoms with Crippen molar-refractivity contribution in [1.82, 2.24) is 4.90 Å². The van der Waals surface area contributed by atoms with Gasteiger partial charge in [0.1, 0.15) is 11.8 Å². The predicted octanol–water partition coefficient (Wildman–Crippen LogP) is 3.07. The molecule has 7 heteroatoms. The monoisotopic (exact) mass is 349 g/mol. The minimum Gasteiger partial charge on any atom is -0.494 e. The van der Waals surface area contributed by atoms with E-state index in [9.17, 15) is 14.4 Å². The second-order valence-electron chi connectivity index (χ2n) is 4.98. The van der Waals surface area contributed by atoms with E-state index in [-0.39, 0.29) is 11.5 Å². The fourth-order valence-corrected chi connectivity index (χ4v) is 3.07. The Morgan fingerprint density at radius 1 is 1.21 bits per heavy atom. The van der Waals surface area contributed by atoms with Crippen molar-refractivity contribution in [2.75, 3.05) is 13.2 Å². The molecular weight excluding hydrogens is 330 g/mol. The summed E-state index contributed by atoms with van der Waals surface area (Å²) in [5.74, 6) is -0.347. The van der Waals surface area contributed by atoms with Gasteiger partial charge in [-0.1, -0.05) is 12.1 Å². The number of carbonyl (C=O) groups excluding carboxylic acids is 3. The van der Waals surface area contributed by atoms with Crippen molar-refractivity contribution >= 4 is 35.0 Å². The zero-order valence-electron chi connectivity index (χ0n) is 13.8. The topological polar surface area (TPSA) is 72.9 Å². The van der Waals surface area contributed by atoms with E-state index in [0.29, 0.717) is 6.61 Å². The van der Waals surface area contributed by atoms with E-state index >= 15 is 0 Å². The summed E-state index contributed by atoms with van der Waals surface area (Å²) in [6.07, 6.45) is 1.62. The Labute approximate surface area is 144 Å². The van der Waals surface area contributed by atoms with Crippen LogP contribution in [0.25, 0.3) is 6.08 Å². The van der Waals surface area contributed by atoms with Gasteiger partial charge in [0.05, 0.1) is 18.1 Å². The molecule has 0 N–H and O–H groups in total. The summed E-state index contributed by atoms with van der Waals surface area (Å²) >= 11 is 0.814. The molecule has 0 bridgehead atoms. The van der Waals surface area contributed by atoms with Gasteiger partial charge in [-0.2, -0.15) is 0 Å². The fourth-order valence-electron chi connectivity index (χ4n) is 2.16. The number of hydrogen-bond acceptors (Lipinski definition) is 6. The van der Waals surface area contributed by atoms with Crippen LogP contribution in [0.5, 0.6) is 5.75 Å². The molecule has 1 atom stereocenters. The Kier molecular flexibility index (Phi) is 6.03. The van der Waals surface area contributed by atoms with Gasteiger partial charge in [0.2, 0.25) is 0 Å². The van der Waals surface area contributed by atoms with Crippen molar-refractivity contribution in [1.29, 1.82) is 0 Å². The Morgan fingerprint density at radius 3 is 2.46 bits per heavy atom. The minimum atomic E-state index is -0.941. The van der Waals surface area contributed by atoms with Crippen molar-refractivity contribution in [3.63, 3.8) is 0 Å². The van der Waals surface area contributed by atoms with Gasteiger partial charge in [-0.05, 0) is 56.3 Å². The summed E-state index contributed by atoms with van der Waals surface area (Å²) in [6, 6.07) is 6.24. The van der Waals surface area contributed by atoms with E-state index in [0.717, 1.165) is 28.0 Å².